The van der Waals surface area contributed by atoms with Gasteiger partial charge in [0.05, 0.1) is 18.7 Å². The van der Waals surface area contributed by atoms with Gasteiger partial charge in [-0.2, -0.15) is 0 Å². The zero-order valence-electron chi connectivity index (χ0n) is 15.3. The van der Waals surface area contributed by atoms with Crippen molar-refractivity contribution < 1.29 is 14.3 Å². The summed E-state index contributed by atoms with van der Waals surface area (Å²) in [6.45, 7) is 6.01. The van der Waals surface area contributed by atoms with Crippen molar-refractivity contribution in [3.63, 3.8) is 0 Å². The Balaban J connectivity index is 1.58. The monoisotopic (exact) mass is 344 g/mol. The maximum atomic E-state index is 12.6. The first-order chi connectivity index (χ1) is 12.0. The van der Waals surface area contributed by atoms with Crippen LogP contribution in [0.15, 0.2) is 34.7 Å². The Hall–Kier alpha value is -1.85. The Morgan fingerprint density at radius 2 is 2.00 bits per heavy atom. The van der Waals surface area contributed by atoms with Crippen LogP contribution in [0.2, 0.25) is 0 Å². The quantitative estimate of drug-likeness (QED) is 0.906. The van der Waals surface area contributed by atoms with Crippen molar-refractivity contribution >= 4 is 16.9 Å². The van der Waals surface area contributed by atoms with Crippen LogP contribution in [0.4, 0.5) is 0 Å². The molecule has 0 spiro atoms. The molecule has 0 aliphatic carbocycles. The van der Waals surface area contributed by atoms with Crippen molar-refractivity contribution in [2.45, 2.75) is 38.8 Å². The van der Waals surface area contributed by atoms with Gasteiger partial charge in [-0.15, -0.1) is 0 Å². The van der Waals surface area contributed by atoms with Crippen LogP contribution < -0.4 is 0 Å². The van der Waals surface area contributed by atoms with E-state index < -0.39 is 0 Å². The normalized spacial score (nSPS) is 19.0. The lowest BCUT2D eigenvalue weighted by Gasteiger charge is -2.34. The van der Waals surface area contributed by atoms with Gasteiger partial charge in [0.25, 0.3) is 0 Å². The van der Waals surface area contributed by atoms with Gasteiger partial charge in [-0.25, -0.2) is 0 Å². The van der Waals surface area contributed by atoms with Gasteiger partial charge in [0.1, 0.15) is 11.3 Å². The second-order valence-corrected chi connectivity index (χ2v) is 7.22. The van der Waals surface area contributed by atoms with E-state index in [2.05, 4.69) is 4.90 Å². The van der Waals surface area contributed by atoms with Gasteiger partial charge in [-0.05, 0) is 57.8 Å². The summed E-state index contributed by atoms with van der Waals surface area (Å²) in [7, 11) is 1.84. The molecule has 2 aromatic rings. The molecule has 1 amide bonds. The van der Waals surface area contributed by atoms with Crippen LogP contribution in [0.3, 0.4) is 0 Å². The van der Waals surface area contributed by atoms with Crippen LogP contribution >= 0.6 is 0 Å². The Bertz CT molecular complexity index is 684. The van der Waals surface area contributed by atoms with E-state index in [-0.39, 0.29) is 18.1 Å². The Labute approximate surface area is 149 Å². The van der Waals surface area contributed by atoms with Gasteiger partial charge in [-0.3, -0.25) is 9.69 Å². The molecule has 136 valence electrons. The molecule has 5 nitrogen and oxygen atoms in total. The SMILES string of the molecule is CC(O)C1CCN(CC(=O)N(C)C(C)c2cc3ccccc3o2)CC1. The highest BCUT2D eigenvalue weighted by Crippen LogP contribution is 2.27. The van der Waals surface area contributed by atoms with Crippen LogP contribution in [0.5, 0.6) is 0 Å². The maximum absolute atomic E-state index is 12.6. The zero-order chi connectivity index (χ0) is 18.0. The van der Waals surface area contributed by atoms with Crippen LogP contribution in [0, 0.1) is 5.92 Å². The lowest BCUT2D eigenvalue weighted by molar-refractivity contribution is -0.133. The number of para-hydroxylation sites is 1. The number of rotatable bonds is 5. The number of benzene rings is 1. The molecule has 0 radical (unpaired) electrons. The fourth-order valence-electron chi connectivity index (χ4n) is 3.51. The first kappa shape index (κ1) is 18.0. The minimum Gasteiger partial charge on any atom is -0.459 e. The van der Waals surface area contributed by atoms with Crippen molar-refractivity contribution in [3.8, 4) is 0 Å². The number of carbonyl (C=O) groups is 1. The van der Waals surface area contributed by atoms with Gasteiger partial charge < -0.3 is 14.4 Å². The number of nitrogens with zero attached hydrogens (tertiary/aromatic N) is 2. The molecule has 1 fully saturated rings. The van der Waals surface area contributed by atoms with Gasteiger partial charge in [-0.1, -0.05) is 18.2 Å². The standard InChI is InChI=1S/C20H28N2O3/c1-14(19-12-17-6-4-5-7-18(17)25-19)21(3)20(24)13-22-10-8-16(9-11-22)15(2)23/h4-7,12,14-16,23H,8-11,13H2,1-3H3. The second-order valence-electron chi connectivity index (χ2n) is 7.22. The van der Waals surface area contributed by atoms with E-state index in [1.807, 2.05) is 51.2 Å². The summed E-state index contributed by atoms with van der Waals surface area (Å²) in [5, 5.41) is 10.7. The second kappa shape index (κ2) is 7.58. The number of amides is 1. The van der Waals surface area contributed by atoms with Crippen LogP contribution in [-0.2, 0) is 4.79 Å². The van der Waals surface area contributed by atoms with Gasteiger partial charge in [0.2, 0.25) is 5.91 Å². The van der Waals surface area contributed by atoms with Crippen molar-refractivity contribution in [1.29, 1.82) is 0 Å². The number of aliphatic hydroxyl groups is 1. The number of aliphatic hydroxyl groups excluding tert-OH is 1. The largest absolute Gasteiger partial charge is 0.459 e. The van der Waals surface area contributed by atoms with Gasteiger partial charge in [0, 0.05) is 12.4 Å². The molecule has 2 unspecified atom stereocenters. The number of fused-ring (bicyclic) bond motifs is 1. The first-order valence-corrected chi connectivity index (χ1v) is 9.10. The summed E-state index contributed by atoms with van der Waals surface area (Å²) in [5.74, 6) is 1.27. The summed E-state index contributed by atoms with van der Waals surface area (Å²) < 4.78 is 5.90. The smallest absolute Gasteiger partial charge is 0.237 e. The van der Waals surface area contributed by atoms with E-state index in [1.165, 1.54) is 0 Å². The summed E-state index contributed by atoms with van der Waals surface area (Å²) in [6, 6.07) is 9.81. The molecule has 1 saturated heterocycles. The fourth-order valence-corrected chi connectivity index (χ4v) is 3.51. The maximum Gasteiger partial charge on any atom is 0.237 e. The third kappa shape index (κ3) is 4.05. The molecule has 1 N–H and O–H groups in total. The molecule has 2 atom stereocenters. The molecule has 1 aliphatic rings. The predicted molar refractivity (Wildman–Crippen MR) is 98.2 cm³/mol. The average Bonchev–Trinajstić information content (AvgIpc) is 3.05. The Kier molecular flexibility index (Phi) is 5.45. The summed E-state index contributed by atoms with van der Waals surface area (Å²) in [5.41, 5.74) is 0.852. The van der Waals surface area contributed by atoms with Crippen molar-refractivity contribution in [2.24, 2.45) is 5.92 Å². The van der Waals surface area contributed by atoms with Crippen LogP contribution in [0.1, 0.15) is 38.5 Å². The third-order valence-corrected chi connectivity index (χ3v) is 5.50. The lowest BCUT2D eigenvalue weighted by atomic mass is 9.92. The van der Waals surface area contributed by atoms with Gasteiger partial charge in [0.15, 0.2) is 0 Å². The molecule has 0 saturated carbocycles. The summed E-state index contributed by atoms with van der Waals surface area (Å²) >= 11 is 0. The van der Waals surface area contributed by atoms with Crippen molar-refractivity contribution in [3.05, 3.63) is 36.1 Å². The molecule has 1 aromatic carbocycles. The van der Waals surface area contributed by atoms with Crippen molar-refractivity contribution in [1.82, 2.24) is 9.80 Å². The topological polar surface area (TPSA) is 56.9 Å². The highest BCUT2D eigenvalue weighted by atomic mass is 16.3. The molecule has 25 heavy (non-hydrogen) atoms. The highest BCUT2D eigenvalue weighted by Gasteiger charge is 2.26. The number of furan rings is 1. The van der Waals surface area contributed by atoms with E-state index in [9.17, 15) is 9.90 Å². The van der Waals surface area contributed by atoms with Crippen molar-refractivity contribution in [2.75, 3.05) is 26.7 Å². The number of hydrogen-bond acceptors (Lipinski definition) is 4. The van der Waals surface area contributed by atoms with Crippen LogP contribution in [0.25, 0.3) is 11.0 Å². The minimum atomic E-state index is -0.256. The summed E-state index contributed by atoms with van der Waals surface area (Å²) in [6.07, 6.45) is 1.65. The number of likely N-dealkylation sites (N-methyl/N-ethyl adjacent to an activating group) is 1. The minimum absolute atomic E-state index is 0.100. The average molecular weight is 344 g/mol. The van der Waals surface area contributed by atoms with E-state index in [4.69, 9.17) is 4.42 Å². The highest BCUT2D eigenvalue weighted by molar-refractivity contribution is 5.80. The van der Waals surface area contributed by atoms with E-state index in [1.54, 1.807) is 4.90 Å². The molecule has 1 aromatic heterocycles. The number of hydrogen-bond donors (Lipinski definition) is 1. The van der Waals surface area contributed by atoms with Gasteiger partial charge >= 0.3 is 0 Å². The van der Waals surface area contributed by atoms with E-state index >= 15 is 0 Å². The molecule has 2 heterocycles. The first-order valence-electron chi connectivity index (χ1n) is 9.10. The zero-order valence-corrected chi connectivity index (χ0v) is 15.3. The van der Waals surface area contributed by atoms with E-state index in [0.717, 1.165) is 42.7 Å². The summed E-state index contributed by atoms with van der Waals surface area (Å²) in [4.78, 5) is 16.6. The number of piperidine rings is 1. The van der Waals surface area contributed by atoms with E-state index in [0.29, 0.717) is 12.5 Å². The van der Waals surface area contributed by atoms with Crippen LogP contribution in [-0.4, -0.2) is 53.6 Å². The Morgan fingerprint density at radius 3 is 2.64 bits per heavy atom. The third-order valence-electron chi connectivity index (χ3n) is 5.50. The Morgan fingerprint density at radius 1 is 1.32 bits per heavy atom. The molecule has 1 aliphatic heterocycles. The fraction of sp³-hybridized carbons (Fsp3) is 0.550. The lowest BCUT2D eigenvalue weighted by Crippen LogP contribution is -2.44. The number of carbonyl (C=O) groups excluding carboxylic acids is 1. The molecular formula is C20H28N2O3. The molecular weight excluding hydrogens is 316 g/mol. The molecule has 0 bridgehead atoms. The predicted octanol–water partition coefficient (Wildman–Crippen LogP) is 3.05. The number of likely N-dealkylation sites (tertiary alicyclic amines) is 1. The molecule has 5 heteroatoms. The molecule has 3 rings (SSSR count).